The summed E-state index contributed by atoms with van der Waals surface area (Å²) in [5.41, 5.74) is 7.03. The van der Waals surface area contributed by atoms with E-state index in [1.54, 1.807) is 0 Å². The number of rotatable bonds is 8. The number of aliphatic carboxylic acids is 2. The molecule has 0 aliphatic carbocycles. The van der Waals surface area contributed by atoms with E-state index in [-0.39, 0.29) is 6.04 Å². The molecule has 0 heterocycles. The van der Waals surface area contributed by atoms with E-state index in [1.807, 2.05) is 19.1 Å². The number of nitrogens with zero attached hydrogens (tertiary/aromatic N) is 1. The van der Waals surface area contributed by atoms with E-state index in [9.17, 15) is 0 Å². The summed E-state index contributed by atoms with van der Waals surface area (Å²) in [6.45, 7) is 10.2. The molecule has 1 unspecified atom stereocenters. The normalized spacial score (nSPS) is 11.4. The van der Waals surface area contributed by atoms with Crippen molar-refractivity contribution in [3.05, 3.63) is 29.8 Å². The Bertz CT molecular complexity index is 472. The first kappa shape index (κ1) is 21.9. The Morgan fingerprint density at radius 3 is 2.00 bits per heavy atom. The number of nitrogens with two attached hydrogens (primary N) is 1. The molecule has 0 amide bonds. The molecule has 7 heteroatoms. The van der Waals surface area contributed by atoms with Gasteiger partial charge in [-0.3, -0.25) is 0 Å². The fourth-order valence-electron chi connectivity index (χ4n) is 1.93. The van der Waals surface area contributed by atoms with Crippen LogP contribution in [0.4, 0.5) is 0 Å². The minimum atomic E-state index is -1.82. The lowest BCUT2D eigenvalue weighted by Crippen LogP contribution is -2.27. The van der Waals surface area contributed by atoms with Gasteiger partial charge >= 0.3 is 11.9 Å². The van der Waals surface area contributed by atoms with Gasteiger partial charge < -0.3 is 25.6 Å². The molecular weight excluding hydrogens is 312 g/mol. The Balaban J connectivity index is 0.000000754. The zero-order valence-electron chi connectivity index (χ0n) is 14.6. The van der Waals surface area contributed by atoms with Crippen molar-refractivity contribution in [1.82, 2.24) is 4.90 Å². The lowest BCUT2D eigenvalue weighted by molar-refractivity contribution is -0.159. The maximum absolute atomic E-state index is 9.10. The van der Waals surface area contributed by atoms with Crippen molar-refractivity contribution in [2.24, 2.45) is 5.73 Å². The third-order valence-corrected chi connectivity index (χ3v) is 3.23. The highest BCUT2D eigenvalue weighted by atomic mass is 16.5. The summed E-state index contributed by atoms with van der Waals surface area (Å²) in [6, 6.07) is 8.45. The van der Waals surface area contributed by atoms with E-state index in [1.165, 1.54) is 5.56 Å². The Kier molecular flexibility index (Phi) is 11.2. The van der Waals surface area contributed by atoms with Gasteiger partial charge in [-0.05, 0) is 44.1 Å². The fraction of sp³-hybridized carbons (Fsp3) is 0.529. The van der Waals surface area contributed by atoms with Crippen molar-refractivity contribution in [1.29, 1.82) is 0 Å². The van der Waals surface area contributed by atoms with Gasteiger partial charge in [-0.15, -0.1) is 0 Å². The molecule has 0 aliphatic heterocycles. The van der Waals surface area contributed by atoms with Crippen LogP contribution in [-0.4, -0.2) is 59.3 Å². The number of likely N-dealkylation sites (N-methyl/N-ethyl adjacent to an activating group) is 1. The van der Waals surface area contributed by atoms with Crippen LogP contribution < -0.4 is 10.5 Å². The number of ether oxygens (including phenoxy) is 1. The second-order valence-corrected chi connectivity index (χ2v) is 5.31. The third-order valence-electron chi connectivity index (χ3n) is 3.23. The summed E-state index contributed by atoms with van der Waals surface area (Å²) >= 11 is 0. The molecule has 0 aromatic heterocycles. The molecule has 0 aliphatic rings. The first-order valence-corrected chi connectivity index (χ1v) is 7.96. The minimum absolute atomic E-state index is 0.208. The highest BCUT2D eigenvalue weighted by molar-refractivity contribution is 6.27. The maximum Gasteiger partial charge on any atom is 0.414 e. The summed E-state index contributed by atoms with van der Waals surface area (Å²) in [4.78, 5) is 20.6. The van der Waals surface area contributed by atoms with E-state index >= 15 is 0 Å². The molecule has 0 fully saturated rings. The Hall–Kier alpha value is -2.12. The van der Waals surface area contributed by atoms with Gasteiger partial charge in [-0.2, -0.15) is 0 Å². The van der Waals surface area contributed by atoms with Crippen LogP contribution in [0, 0.1) is 0 Å². The number of hydrogen-bond donors (Lipinski definition) is 3. The van der Waals surface area contributed by atoms with E-state index in [0.717, 1.165) is 38.4 Å². The highest BCUT2D eigenvalue weighted by Crippen LogP contribution is 2.13. The molecule has 4 N–H and O–H groups in total. The second-order valence-electron chi connectivity index (χ2n) is 5.31. The zero-order valence-corrected chi connectivity index (χ0v) is 14.6. The highest BCUT2D eigenvalue weighted by Gasteiger charge is 2.04. The quantitative estimate of drug-likeness (QED) is 0.614. The number of carboxylic acid groups (broad SMARTS) is 2. The molecule has 24 heavy (non-hydrogen) atoms. The van der Waals surface area contributed by atoms with E-state index < -0.39 is 11.9 Å². The van der Waals surface area contributed by atoms with Gasteiger partial charge in [0.15, 0.2) is 0 Å². The van der Waals surface area contributed by atoms with Crippen LogP contribution in [0.3, 0.4) is 0 Å². The zero-order chi connectivity index (χ0) is 18.5. The maximum atomic E-state index is 9.10. The van der Waals surface area contributed by atoms with Gasteiger partial charge in [0.2, 0.25) is 0 Å². The van der Waals surface area contributed by atoms with Crippen LogP contribution in [0.15, 0.2) is 24.3 Å². The van der Waals surface area contributed by atoms with Gasteiger partial charge in [0.1, 0.15) is 12.4 Å². The summed E-state index contributed by atoms with van der Waals surface area (Å²) in [5.74, 6) is -2.71. The number of hydrogen-bond acceptors (Lipinski definition) is 5. The monoisotopic (exact) mass is 340 g/mol. The van der Waals surface area contributed by atoms with Gasteiger partial charge in [0.05, 0.1) is 0 Å². The van der Waals surface area contributed by atoms with Crippen molar-refractivity contribution >= 4 is 11.9 Å². The summed E-state index contributed by atoms with van der Waals surface area (Å²) in [6.07, 6.45) is 0.916. The predicted octanol–water partition coefficient (Wildman–Crippen LogP) is 1.45. The minimum Gasteiger partial charge on any atom is -0.492 e. The molecule has 0 saturated heterocycles. The van der Waals surface area contributed by atoms with Crippen molar-refractivity contribution in [2.45, 2.75) is 33.2 Å². The van der Waals surface area contributed by atoms with Crippen molar-refractivity contribution < 1.29 is 24.5 Å². The molecule has 0 spiro atoms. The lowest BCUT2D eigenvalue weighted by Gasteiger charge is -2.18. The van der Waals surface area contributed by atoms with Crippen LogP contribution in [0.25, 0.3) is 0 Å². The summed E-state index contributed by atoms with van der Waals surface area (Å²) < 4.78 is 5.73. The number of carbonyl (C=O) groups is 2. The summed E-state index contributed by atoms with van der Waals surface area (Å²) in [5, 5.41) is 14.8. The van der Waals surface area contributed by atoms with Crippen LogP contribution in [0.2, 0.25) is 0 Å². The molecule has 1 aromatic carbocycles. The lowest BCUT2D eigenvalue weighted by atomic mass is 10.1. The summed E-state index contributed by atoms with van der Waals surface area (Å²) in [7, 11) is 0. The fourth-order valence-corrected chi connectivity index (χ4v) is 1.93. The van der Waals surface area contributed by atoms with Crippen molar-refractivity contribution in [3.63, 3.8) is 0 Å². The Labute approximate surface area is 143 Å². The van der Waals surface area contributed by atoms with E-state index in [4.69, 9.17) is 30.3 Å². The average Bonchev–Trinajstić information content (AvgIpc) is 2.53. The molecule has 0 bridgehead atoms. The van der Waals surface area contributed by atoms with Gasteiger partial charge in [0.25, 0.3) is 0 Å². The topological polar surface area (TPSA) is 113 Å². The molecule has 0 radical (unpaired) electrons. The largest absolute Gasteiger partial charge is 0.492 e. The molecule has 1 rings (SSSR count). The van der Waals surface area contributed by atoms with Crippen LogP contribution >= 0.6 is 0 Å². The number of benzene rings is 1. The Morgan fingerprint density at radius 1 is 1.12 bits per heavy atom. The van der Waals surface area contributed by atoms with Gasteiger partial charge in [0, 0.05) is 12.6 Å². The van der Waals surface area contributed by atoms with Gasteiger partial charge in [-0.25, -0.2) is 9.59 Å². The van der Waals surface area contributed by atoms with Crippen LogP contribution in [-0.2, 0) is 16.0 Å². The predicted molar refractivity (Wildman–Crippen MR) is 92.4 cm³/mol. The third kappa shape index (κ3) is 10.6. The molecule has 1 aromatic rings. The molecule has 7 nitrogen and oxygen atoms in total. The Morgan fingerprint density at radius 2 is 1.62 bits per heavy atom. The number of carboxylic acids is 2. The average molecular weight is 340 g/mol. The molecule has 1 atom stereocenters. The second kappa shape index (κ2) is 12.3. The van der Waals surface area contributed by atoms with E-state index in [2.05, 4.69) is 30.9 Å². The molecular formula is C17H28N2O5. The first-order valence-electron chi connectivity index (χ1n) is 7.96. The van der Waals surface area contributed by atoms with Crippen LogP contribution in [0.1, 0.15) is 26.3 Å². The standard InChI is InChI=1S/C15H26N2O.C2H2O4/c1-4-17(5-2)10-11-18-15-8-6-14(7-9-15)12-13(3)16;3-1(4)2(5)6/h6-9,13H,4-5,10-12,16H2,1-3H3;(H,3,4)(H,5,6). The molecule has 136 valence electrons. The first-order chi connectivity index (χ1) is 11.3. The van der Waals surface area contributed by atoms with Crippen molar-refractivity contribution in [2.75, 3.05) is 26.2 Å². The SMILES string of the molecule is CCN(CC)CCOc1ccc(CC(C)N)cc1.O=C(O)C(=O)O. The van der Waals surface area contributed by atoms with Crippen LogP contribution in [0.5, 0.6) is 5.75 Å². The van der Waals surface area contributed by atoms with Gasteiger partial charge in [-0.1, -0.05) is 26.0 Å². The van der Waals surface area contributed by atoms with Crippen molar-refractivity contribution in [3.8, 4) is 5.75 Å². The smallest absolute Gasteiger partial charge is 0.414 e. The van der Waals surface area contributed by atoms with E-state index in [0.29, 0.717) is 0 Å². The molecule has 0 saturated carbocycles.